The van der Waals surface area contributed by atoms with Crippen LogP contribution in [0.2, 0.25) is 0 Å². The predicted octanol–water partition coefficient (Wildman–Crippen LogP) is 3.45. The molecule has 1 aliphatic rings. The van der Waals surface area contributed by atoms with Crippen LogP contribution in [0, 0.1) is 12.3 Å². The van der Waals surface area contributed by atoms with Crippen molar-refractivity contribution in [1.82, 2.24) is 14.0 Å². The van der Waals surface area contributed by atoms with E-state index < -0.39 is 11.9 Å². The molecule has 0 aromatic carbocycles. The van der Waals surface area contributed by atoms with Gasteiger partial charge in [0.05, 0.1) is 29.7 Å². The Morgan fingerprint density at radius 2 is 2.03 bits per heavy atom. The number of ether oxygens (including phenoxy) is 2. The number of hydrogen-bond donors (Lipinski definition) is 2. The van der Waals surface area contributed by atoms with E-state index in [0.717, 1.165) is 41.7 Å². The minimum atomic E-state index is -0.582. The molecular formula is C27H29N5O5S. The van der Waals surface area contributed by atoms with Crippen LogP contribution in [0.1, 0.15) is 56.5 Å². The van der Waals surface area contributed by atoms with Crippen molar-refractivity contribution in [2.24, 2.45) is 0 Å². The fourth-order valence-corrected chi connectivity index (χ4v) is 6.19. The maximum absolute atomic E-state index is 13.6. The third-order valence-corrected chi connectivity index (χ3v) is 7.98. The van der Waals surface area contributed by atoms with E-state index >= 15 is 0 Å². The number of nitrogens with zero attached hydrogens (tertiary/aromatic N) is 3. The van der Waals surface area contributed by atoms with Crippen LogP contribution >= 0.6 is 11.3 Å². The van der Waals surface area contributed by atoms with E-state index in [1.54, 1.807) is 26.3 Å². The minimum absolute atomic E-state index is 0.00119. The SMILES string of the molecule is CCOC(=O)c1c(NC(=O)c2cc3c(=O)n4cccc(C)c4nc3n(CCOC)c2=N)sc2c1CCCC2. The van der Waals surface area contributed by atoms with Crippen LogP contribution in [0.25, 0.3) is 16.7 Å². The van der Waals surface area contributed by atoms with Crippen molar-refractivity contribution in [2.45, 2.75) is 46.1 Å². The Morgan fingerprint density at radius 1 is 1.24 bits per heavy atom. The Hall–Kier alpha value is -3.83. The molecule has 1 amide bonds. The molecule has 1 aliphatic carbocycles. The van der Waals surface area contributed by atoms with Crippen LogP contribution in [-0.4, -0.2) is 46.2 Å². The summed E-state index contributed by atoms with van der Waals surface area (Å²) in [6, 6.07) is 5.04. The van der Waals surface area contributed by atoms with Gasteiger partial charge in [-0.1, -0.05) is 6.07 Å². The number of thiophene rings is 1. The first-order valence-electron chi connectivity index (χ1n) is 12.6. The lowest BCUT2D eigenvalue weighted by molar-refractivity contribution is 0.0526. The molecule has 0 saturated carbocycles. The van der Waals surface area contributed by atoms with Gasteiger partial charge < -0.3 is 19.4 Å². The lowest BCUT2D eigenvalue weighted by Gasteiger charge is -2.15. The Kier molecular flexibility index (Phi) is 7.13. The zero-order chi connectivity index (χ0) is 27.0. The number of methoxy groups -OCH3 is 1. The molecular weight excluding hydrogens is 506 g/mol. The molecule has 11 heteroatoms. The zero-order valence-corrected chi connectivity index (χ0v) is 22.4. The molecule has 0 fully saturated rings. The van der Waals surface area contributed by atoms with Crippen molar-refractivity contribution in [3.63, 3.8) is 0 Å². The van der Waals surface area contributed by atoms with Crippen LogP contribution in [-0.2, 0) is 28.9 Å². The third-order valence-electron chi connectivity index (χ3n) is 6.78. The van der Waals surface area contributed by atoms with E-state index in [1.165, 1.54) is 26.4 Å². The summed E-state index contributed by atoms with van der Waals surface area (Å²) in [5.41, 5.74) is 2.48. The number of aryl methyl sites for hydroxylation is 2. The quantitative estimate of drug-likeness (QED) is 0.276. The van der Waals surface area contributed by atoms with Gasteiger partial charge >= 0.3 is 5.97 Å². The molecule has 2 N–H and O–H groups in total. The Labute approximate surface area is 222 Å². The number of esters is 1. The van der Waals surface area contributed by atoms with Gasteiger partial charge in [-0.2, -0.15) is 0 Å². The Balaban J connectivity index is 1.66. The number of carbonyl (C=O) groups excluding carboxylic acids is 2. The topological polar surface area (TPSA) is 128 Å². The first-order valence-corrected chi connectivity index (χ1v) is 13.4. The standard InChI is InChI=1S/C27H29N5O5S/c1-4-37-27(35)20-16-9-5-6-10-19(16)38-25(20)30-24(33)17-14-18-23(31(21(17)28)12-13-36-3)29-22-15(2)8-7-11-32(22)26(18)34/h7-8,11,14,28H,4-6,9-10,12-13H2,1-3H3,(H,30,33). The molecule has 38 heavy (non-hydrogen) atoms. The number of nitrogens with one attached hydrogen (secondary N) is 2. The van der Waals surface area contributed by atoms with E-state index in [0.29, 0.717) is 21.9 Å². The Morgan fingerprint density at radius 3 is 2.79 bits per heavy atom. The summed E-state index contributed by atoms with van der Waals surface area (Å²) in [5.74, 6) is -1.05. The highest BCUT2D eigenvalue weighted by Gasteiger charge is 2.28. The lowest BCUT2D eigenvalue weighted by Crippen LogP contribution is -2.33. The van der Waals surface area contributed by atoms with Gasteiger partial charge in [-0.3, -0.25) is 19.4 Å². The van der Waals surface area contributed by atoms with Crippen molar-refractivity contribution in [3.8, 4) is 0 Å². The number of carbonyl (C=O) groups is 2. The average Bonchev–Trinajstić information content (AvgIpc) is 3.26. The second-order valence-electron chi connectivity index (χ2n) is 9.18. The molecule has 0 radical (unpaired) electrons. The van der Waals surface area contributed by atoms with Crippen molar-refractivity contribution in [1.29, 1.82) is 5.41 Å². The summed E-state index contributed by atoms with van der Waals surface area (Å²) in [4.78, 5) is 45.7. The number of hydrogen-bond acceptors (Lipinski definition) is 8. The van der Waals surface area contributed by atoms with Crippen molar-refractivity contribution < 1.29 is 19.1 Å². The average molecular weight is 536 g/mol. The number of amides is 1. The minimum Gasteiger partial charge on any atom is -0.462 e. The van der Waals surface area contributed by atoms with Gasteiger partial charge in [-0.15, -0.1) is 11.3 Å². The van der Waals surface area contributed by atoms with Crippen LogP contribution in [0.15, 0.2) is 29.2 Å². The van der Waals surface area contributed by atoms with E-state index in [-0.39, 0.29) is 41.8 Å². The van der Waals surface area contributed by atoms with Gasteiger partial charge in [0.25, 0.3) is 11.5 Å². The highest BCUT2D eigenvalue weighted by atomic mass is 32.1. The van der Waals surface area contributed by atoms with Crippen LogP contribution in [0.3, 0.4) is 0 Å². The van der Waals surface area contributed by atoms with E-state index in [2.05, 4.69) is 5.32 Å². The predicted molar refractivity (Wildman–Crippen MR) is 144 cm³/mol. The monoisotopic (exact) mass is 535 g/mol. The molecule has 0 spiro atoms. The number of aromatic nitrogens is 3. The summed E-state index contributed by atoms with van der Waals surface area (Å²) in [5, 5.41) is 12.4. The van der Waals surface area contributed by atoms with Crippen molar-refractivity contribution in [3.05, 3.63) is 67.4 Å². The molecule has 0 atom stereocenters. The number of fused-ring (bicyclic) bond motifs is 3. The summed E-state index contributed by atoms with van der Waals surface area (Å²) in [6.07, 6.45) is 5.21. The first kappa shape index (κ1) is 25.8. The lowest BCUT2D eigenvalue weighted by atomic mass is 9.95. The maximum Gasteiger partial charge on any atom is 0.341 e. The molecule has 0 unspecified atom stereocenters. The third kappa shape index (κ3) is 4.41. The molecule has 198 valence electrons. The summed E-state index contributed by atoms with van der Waals surface area (Å²) >= 11 is 1.37. The van der Waals surface area contributed by atoms with E-state index in [4.69, 9.17) is 19.9 Å². The first-order chi connectivity index (χ1) is 18.3. The molecule has 4 heterocycles. The molecule has 0 bridgehead atoms. The summed E-state index contributed by atoms with van der Waals surface area (Å²) < 4.78 is 13.5. The molecule has 0 aliphatic heterocycles. The fourth-order valence-electron chi connectivity index (χ4n) is 4.91. The number of anilines is 1. The van der Waals surface area contributed by atoms with Gasteiger partial charge in [-0.25, -0.2) is 9.78 Å². The van der Waals surface area contributed by atoms with Gasteiger partial charge in [0, 0.05) is 24.7 Å². The van der Waals surface area contributed by atoms with Gasteiger partial charge in [0.2, 0.25) is 0 Å². The zero-order valence-electron chi connectivity index (χ0n) is 21.6. The molecule has 0 saturated heterocycles. The largest absolute Gasteiger partial charge is 0.462 e. The number of rotatable bonds is 7. The van der Waals surface area contributed by atoms with Crippen molar-refractivity contribution in [2.75, 3.05) is 25.6 Å². The molecule has 4 aromatic rings. The van der Waals surface area contributed by atoms with Crippen molar-refractivity contribution >= 4 is 44.9 Å². The van der Waals surface area contributed by atoms with Crippen LogP contribution in [0.4, 0.5) is 5.00 Å². The van der Waals surface area contributed by atoms with E-state index in [1.807, 2.05) is 13.0 Å². The summed E-state index contributed by atoms with van der Waals surface area (Å²) in [6.45, 7) is 4.31. The Bertz CT molecular complexity index is 1700. The number of pyridine rings is 2. The second kappa shape index (κ2) is 10.5. The highest BCUT2D eigenvalue weighted by Crippen LogP contribution is 2.38. The van der Waals surface area contributed by atoms with Crippen LogP contribution in [0.5, 0.6) is 0 Å². The highest BCUT2D eigenvalue weighted by molar-refractivity contribution is 7.17. The summed E-state index contributed by atoms with van der Waals surface area (Å²) in [7, 11) is 1.54. The fraction of sp³-hybridized carbons (Fsp3) is 0.370. The van der Waals surface area contributed by atoms with E-state index in [9.17, 15) is 14.4 Å². The second-order valence-corrected chi connectivity index (χ2v) is 10.3. The normalized spacial score (nSPS) is 13.0. The van der Waals surface area contributed by atoms with Gasteiger partial charge in [0.15, 0.2) is 0 Å². The molecule has 4 aromatic heterocycles. The smallest absolute Gasteiger partial charge is 0.341 e. The van der Waals surface area contributed by atoms with Gasteiger partial charge in [0.1, 0.15) is 21.8 Å². The van der Waals surface area contributed by atoms with Crippen LogP contribution < -0.4 is 16.4 Å². The maximum atomic E-state index is 13.6. The molecule has 10 nitrogen and oxygen atoms in total. The van der Waals surface area contributed by atoms with Gasteiger partial charge in [-0.05, 0) is 62.8 Å². The molecule has 5 rings (SSSR count).